The van der Waals surface area contributed by atoms with E-state index in [2.05, 4.69) is 18.9 Å². The van der Waals surface area contributed by atoms with E-state index in [1.165, 1.54) is 10.7 Å². The Labute approximate surface area is 96.5 Å². The molecule has 0 bridgehead atoms. The first-order valence-electron chi connectivity index (χ1n) is 5.77. The van der Waals surface area contributed by atoms with E-state index >= 15 is 0 Å². The first-order chi connectivity index (χ1) is 7.55. The average Bonchev–Trinajstić information content (AvgIpc) is 2.27. The molecule has 1 aromatic rings. The van der Waals surface area contributed by atoms with E-state index in [1.54, 1.807) is 12.3 Å². The Hall–Kier alpha value is -1.16. The molecule has 0 radical (unpaired) electrons. The van der Waals surface area contributed by atoms with Gasteiger partial charge in [-0.05, 0) is 30.9 Å². The van der Waals surface area contributed by atoms with Crippen LogP contribution in [0.5, 0.6) is 0 Å². The maximum atomic E-state index is 11.3. The van der Waals surface area contributed by atoms with Gasteiger partial charge in [-0.2, -0.15) is 5.10 Å². The Balaban J connectivity index is 2.32. The van der Waals surface area contributed by atoms with Crippen molar-refractivity contribution < 1.29 is 0 Å². The Kier molecular flexibility index (Phi) is 4.68. The van der Waals surface area contributed by atoms with Crippen molar-refractivity contribution >= 4 is 0 Å². The molecule has 4 nitrogen and oxygen atoms in total. The Morgan fingerprint density at radius 1 is 1.44 bits per heavy atom. The first kappa shape index (κ1) is 12.9. The summed E-state index contributed by atoms with van der Waals surface area (Å²) in [6.07, 6.45) is 4.78. The van der Waals surface area contributed by atoms with Crippen LogP contribution in [0.3, 0.4) is 0 Å². The van der Waals surface area contributed by atoms with E-state index in [0.717, 1.165) is 19.3 Å². The maximum Gasteiger partial charge on any atom is 0.266 e. The molecule has 0 aliphatic rings. The summed E-state index contributed by atoms with van der Waals surface area (Å²) in [4.78, 5) is 11.3. The van der Waals surface area contributed by atoms with Gasteiger partial charge in [0.05, 0.1) is 0 Å². The van der Waals surface area contributed by atoms with Crippen molar-refractivity contribution in [1.29, 1.82) is 0 Å². The van der Waals surface area contributed by atoms with Crippen LogP contribution in [0.1, 0.15) is 33.1 Å². The molecular weight excluding hydrogens is 202 g/mol. The van der Waals surface area contributed by atoms with E-state index in [9.17, 15) is 4.79 Å². The summed E-state index contributed by atoms with van der Waals surface area (Å²) in [6, 6.07) is 3.20. The molecule has 0 aliphatic heterocycles. The predicted octanol–water partition coefficient (Wildman–Crippen LogP) is 1.40. The number of rotatable bonds is 6. The van der Waals surface area contributed by atoms with Crippen LogP contribution in [-0.4, -0.2) is 16.3 Å². The monoisotopic (exact) mass is 223 g/mol. The number of hydrogen-bond acceptors (Lipinski definition) is 3. The van der Waals surface area contributed by atoms with Gasteiger partial charge >= 0.3 is 0 Å². The summed E-state index contributed by atoms with van der Waals surface area (Å²) in [5.74, 6) is 0. The van der Waals surface area contributed by atoms with Gasteiger partial charge in [0, 0.05) is 18.8 Å². The number of unbranched alkanes of at least 4 members (excludes halogenated alkanes) is 1. The van der Waals surface area contributed by atoms with Crippen LogP contribution in [0.4, 0.5) is 0 Å². The predicted molar refractivity (Wildman–Crippen MR) is 65.2 cm³/mol. The number of aryl methyl sites for hydroxylation is 1. The Morgan fingerprint density at radius 2 is 2.19 bits per heavy atom. The van der Waals surface area contributed by atoms with Gasteiger partial charge in [-0.15, -0.1) is 0 Å². The van der Waals surface area contributed by atoms with E-state index in [0.29, 0.717) is 13.1 Å². The molecule has 1 aromatic heterocycles. The third-order valence-electron chi connectivity index (χ3n) is 2.81. The molecule has 1 rings (SSSR count). The minimum absolute atomic E-state index is 0.0272. The second kappa shape index (κ2) is 5.80. The summed E-state index contributed by atoms with van der Waals surface area (Å²) >= 11 is 0. The lowest BCUT2D eigenvalue weighted by atomic mass is 9.87. The van der Waals surface area contributed by atoms with Crippen LogP contribution in [0.15, 0.2) is 23.1 Å². The zero-order chi connectivity index (χ0) is 12.0. The molecule has 2 N–H and O–H groups in total. The van der Waals surface area contributed by atoms with E-state index in [-0.39, 0.29) is 11.0 Å². The van der Waals surface area contributed by atoms with Crippen LogP contribution >= 0.6 is 0 Å². The highest BCUT2D eigenvalue weighted by molar-refractivity contribution is 4.84. The SMILES string of the molecule is CC(C)(CN)CCCCn1ncccc1=O. The highest BCUT2D eigenvalue weighted by atomic mass is 16.1. The van der Waals surface area contributed by atoms with Crippen LogP contribution < -0.4 is 11.3 Å². The Morgan fingerprint density at radius 3 is 2.81 bits per heavy atom. The van der Waals surface area contributed by atoms with Crippen LogP contribution in [0, 0.1) is 5.41 Å². The third kappa shape index (κ3) is 4.14. The fourth-order valence-corrected chi connectivity index (χ4v) is 1.52. The molecule has 0 aliphatic carbocycles. The maximum absolute atomic E-state index is 11.3. The van der Waals surface area contributed by atoms with E-state index in [4.69, 9.17) is 5.73 Å². The van der Waals surface area contributed by atoms with Crippen molar-refractivity contribution in [2.24, 2.45) is 11.1 Å². The molecule has 0 spiro atoms. The fourth-order valence-electron chi connectivity index (χ4n) is 1.52. The summed E-state index contributed by atoms with van der Waals surface area (Å²) < 4.78 is 1.51. The lowest BCUT2D eigenvalue weighted by Gasteiger charge is -2.21. The van der Waals surface area contributed by atoms with E-state index in [1.807, 2.05) is 0 Å². The summed E-state index contributed by atoms with van der Waals surface area (Å²) in [5.41, 5.74) is 5.83. The van der Waals surface area contributed by atoms with Gasteiger partial charge in [0.15, 0.2) is 0 Å². The number of aromatic nitrogens is 2. The topological polar surface area (TPSA) is 60.9 Å². The van der Waals surface area contributed by atoms with Crippen LogP contribution in [0.25, 0.3) is 0 Å². The molecule has 0 atom stereocenters. The smallest absolute Gasteiger partial charge is 0.266 e. The normalized spacial score (nSPS) is 11.7. The van der Waals surface area contributed by atoms with Gasteiger partial charge in [0.25, 0.3) is 5.56 Å². The Bertz CT molecular complexity index is 371. The molecule has 16 heavy (non-hydrogen) atoms. The van der Waals surface area contributed by atoms with Gasteiger partial charge in [-0.25, -0.2) is 4.68 Å². The number of nitrogens with zero attached hydrogens (tertiary/aromatic N) is 2. The fraction of sp³-hybridized carbons (Fsp3) is 0.667. The number of nitrogens with two attached hydrogens (primary N) is 1. The van der Waals surface area contributed by atoms with Gasteiger partial charge in [-0.3, -0.25) is 4.79 Å². The molecule has 4 heteroatoms. The van der Waals surface area contributed by atoms with Gasteiger partial charge in [0.1, 0.15) is 0 Å². The lowest BCUT2D eigenvalue weighted by Crippen LogP contribution is -2.24. The van der Waals surface area contributed by atoms with Crippen molar-refractivity contribution in [3.63, 3.8) is 0 Å². The summed E-state index contributed by atoms with van der Waals surface area (Å²) in [5, 5.41) is 4.01. The lowest BCUT2D eigenvalue weighted by molar-refractivity contribution is 0.326. The largest absolute Gasteiger partial charge is 0.330 e. The van der Waals surface area contributed by atoms with Crippen molar-refractivity contribution in [2.45, 2.75) is 39.7 Å². The van der Waals surface area contributed by atoms with Crippen molar-refractivity contribution in [1.82, 2.24) is 9.78 Å². The van der Waals surface area contributed by atoms with Gasteiger partial charge in [-0.1, -0.05) is 20.3 Å². The molecule has 0 fully saturated rings. The second-order valence-corrected chi connectivity index (χ2v) is 4.91. The van der Waals surface area contributed by atoms with Gasteiger partial charge < -0.3 is 5.73 Å². The average molecular weight is 223 g/mol. The third-order valence-corrected chi connectivity index (χ3v) is 2.81. The molecule has 0 amide bonds. The molecule has 0 aromatic carbocycles. The molecule has 0 saturated heterocycles. The molecular formula is C12H21N3O. The first-order valence-corrected chi connectivity index (χ1v) is 5.77. The van der Waals surface area contributed by atoms with Crippen molar-refractivity contribution in [2.75, 3.05) is 6.54 Å². The van der Waals surface area contributed by atoms with Crippen molar-refractivity contribution in [3.05, 3.63) is 28.7 Å². The molecule has 1 heterocycles. The van der Waals surface area contributed by atoms with E-state index < -0.39 is 0 Å². The highest BCUT2D eigenvalue weighted by Gasteiger charge is 2.14. The standard InChI is InChI=1S/C12H21N3O/c1-12(2,10-13)7-3-4-9-15-11(16)6-5-8-14-15/h5-6,8H,3-4,7,9-10,13H2,1-2H3. The quantitative estimate of drug-likeness (QED) is 0.741. The second-order valence-electron chi connectivity index (χ2n) is 4.91. The van der Waals surface area contributed by atoms with Crippen LogP contribution in [-0.2, 0) is 6.54 Å². The minimum atomic E-state index is -0.0272. The summed E-state index contributed by atoms with van der Waals surface area (Å²) in [7, 11) is 0. The zero-order valence-electron chi connectivity index (χ0n) is 10.1. The minimum Gasteiger partial charge on any atom is -0.330 e. The number of hydrogen-bond donors (Lipinski definition) is 1. The molecule has 0 unspecified atom stereocenters. The zero-order valence-corrected chi connectivity index (χ0v) is 10.1. The summed E-state index contributed by atoms with van der Waals surface area (Å²) in [6.45, 7) is 5.73. The van der Waals surface area contributed by atoms with Gasteiger partial charge in [0.2, 0.25) is 0 Å². The van der Waals surface area contributed by atoms with Crippen molar-refractivity contribution in [3.8, 4) is 0 Å². The molecule has 0 saturated carbocycles. The highest BCUT2D eigenvalue weighted by Crippen LogP contribution is 2.21. The van der Waals surface area contributed by atoms with Crippen LogP contribution in [0.2, 0.25) is 0 Å². The molecule has 90 valence electrons.